The summed E-state index contributed by atoms with van der Waals surface area (Å²) in [7, 11) is 2.92. The SMILES string of the molecule is [2H]COC(=O)CC1CCCCN1c1cc(OC)cc(OC)c1. The van der Waals surface area contributed by atoms with Gasteiger partial charge in [0.2, 0.25) is 0 Å². The number of rotatable bonds is 5. The van der Waals surface area contributed by atoms with Crippen LogP contribution in [0.2, 0.25) is 0 Å². The van der Waals surface area contributed by atoms with Gasteiger partial charge in [0, 0.05) is 36.5 Å². The number of ether oxygens (including phenoxy) is 3. The summed E-state index contributed by atoms with van der Waals surface area (Å²) in [6.07, 6.45) is 3.42. The predicted molar refractivity (Wildman–Crippen MR) is 81.2 cm³/mol. The monoisotopic (exact) mass is 294 g/mol. The van der Waals surface area contributed by atoms with Crippen LogP contribution in [-0.2, 0) is 9.53 Å². The Balaban J connectivity index is 2.21. The number of hydrogen-bond acceptors (Lipinski definition) is 5. The van der Waals surface area contributed by atoms with E-state index in [0.29, 0.717) is 6.42 Å². The molecule has 1 aromatic rings. The first-order valence-electron chi connectivity index (χ1n) is 7.83. The summed E-state index contributed by atoms with van der Waals surface area (Å²) < 4.78 is 22.4. The molecule has 1 aromatic carbocycles. The summed E-state index contributed by atoms with van der Waals surface area (Å²) in [4.78, 5) is 13.9. The second kappa shape index (κ2) is 7.20. The molecule has 0 N–H and O–H groups in total. The Morgan fingerprint density at radius 1 is 1.29 bits per heavy atom. The van der Waals surface area contributed by atoms with Crippen LogP contribution >= 0.6 is 0 Å². The van der Waals surface area contributed by atoms with Crippen molar-refractivity contribution in [2.75, 3.05) is 32.8 Å². The van der Waals surface area contributed by atoms with Gasteiger partial charge in [0.15, 0.2) is 0 Å². The van der Waals surface area contributed by atoms with Crippen molar-refractivity contribution in [1.29, 1.82) is 0 Å². The molecule has 0 amide bonds. The van der Waals surface area contributed by atoms with E-state index in [1.165, 1.54) is 0 Å². The zero-order chi connectivity index (χ0) is 15.9. The zero-order valence-corrected chi connectivity index (χ0v) is 12.6. The van der Waals surface area contributed by atoms with Crippen molar-refractivity contribution in [3.8, 4) is 11.5 Å². The number of piperidine rings is 1. The van der Waals surface area contributed by atoms with Gasteiger partial charge in [0.1, 0.15) is 11.5 Å². The molecule has 0 aliphatic carbocycles. The lowest BCUT2D eigenvalue weighted by atomic mass is 9.98. The third kappa shape index (κ3) is 3.80. The molecule has 1 fully saturated rings. The highest BCUT2D eigenvalue weighted by molar-refractivity contribution is 5.71. The number of anilines is 1. The molecule has 1 heterocycles. The third-order valence-electron chi connectivity index (χ3n) is 3.86. The van der Waals surface area contributed by atoms with Crippen molar-refractivity contribution in [2.24, 2.45) is 0 Å². The van der Waals surface area contributed by atoms with Crippen LogP contribution in [0.25, 0.3) is 0 Å². The fourth-order valence-corrected chi connectivity index (χ4v) is 2.76. The Morgan fingerprint density at radius 2 is 2.00 bits per heavy atom. The molecule has 1 atom stereocenters. The van der Waals surface area contributed by atoms with Crippen LogP contribution in [0.1, 0.15) is 27.1 Å². The van der Waals surface area contributed by atoms with E-state index in [0.717, 1.165) is 43.0 Å². The maximum Gasteiger partial charge on any atom is 0.307 e. The van der Waals surface area contributed by atoms with Crippen LogP contribution in [0.4, 0.5) is 5.69 Å². The first-order valence-corrected chi connectivity index (χ1v) is 7.12. The second-order valence-corrected chi connectivity index (χ2v) is 5.13. The molecule has 5 heteroatoms. The van der Waals surface area contributed by atoms with Crippen molar-refractivity contribution in [1.82, 2.24) is 0 Å². The summed E-state index contributed by atoms with van der Waals surface area (Å²) in [5.74, 6) is 1.14. The Bertz CT molecular complexity index is 487. The molecule has 0 saturated carbocycles. The van der Waals surface area contributed by atoms with E-state index < -0.39 is 0 Å². The first kappa shape index (κ1) is 14.0. The van der Waals surface area contributed by atoms with Gasteiger partial charge in [-0.25, -0.2) is 0 Å². The Labute approximate surface area is 127 Å². The van der Waals surface area contributed by atoms with Crippen LogP contribution in [-0.4, -0.2) is 39.9 Å². The molecule has 5 nitrogen and oxygen atoms in total. The average Bonchev–Trinajstić information content (AvgIpc) is 2.55. The maximum atomic E-state index is 11.7. The van der Waals surface area contributed by atoms with Crippen molar-refractivity contribution in [3.63, 3.8) is 0 Å². The Morgan fingerprint density at radius 3 is 2.62 bits per heavy atom. The highest BCUT2D eigenvalue weighted by Crippen LogP contribution is 2.33. The molecular weight excluding hydrogens is 270 g/mol. The van der Waals surface area contributed by atoms with E-state index in [-0.39, 0.29) is 19.1 Å². The van der Waals surface area contributed by atoms with E-state index in [2.05, 4.69) is 4.90 Å². The van der Waals surface area contributed by atoms with Crippen LogP contribution in [0, 0.1) is 0 Å². The van der Waals surface area contributed by atoms with Gasteiger partial charge in [-0.05, 0) is 19.3 Å². The predicted octanol–water partition coefficient (Wildman–Crippen LogP) is 2.63. The molecule has 1 unspecified atom stereocenters. The Kier molecular flexibility index (Phi) is 4.82. The molecule has 1 aliphatic rings. The minimum absolute atomic E-state index is 0.0876. The van der Waals surface area contributed by atoms with Crippen molar-refractivity contribution < 1.29 is 20.4 Å². The quantitative estimate of drug-likeness (QED) is 0.781. The number of methoxy groups -OCH3 is 3. The topological polar surface area (TPSA) is 48.0 Å². The lowest BCUT2D eigenvalue weighted by Gasteiger charge is -2.37. The third-order valence-corrected chi connectivity index (χ3v) is 3.86. The molecular formula is C16H23NO4. The number of benzene rings is 1. The fraction of sp³-hybridized carbons (Fsp3) is 0.562. The zero-order valence-electron chi connectivity index (χ0n) is 13.6. The summed E-state index contributed by atoms with van der Waals surface area (Å²) >= 11 is 0. The molecule has 0 aromatic heterocycles. The lowest BCUT2D eigenvalue weighted by Crippen LogP contribution is -2.41. The molecule has 0 bridgehead atoms. The minimum atomic E-state index is -0.321. The molecule has 1 aliphatic heterocycles. The van der Waals surface area contributed by atoms with Gasteiger partial charge in [-0.2, -0.15) is 0 Å². The number of carbonyl (C=O) groups excluding carboxylic acids is 1. The molecule has 116 valence electrons. The van der Waals surface area contributed by atoms with E-state index in [1.54, 1.807) is 14.2 Å². The number of nitrogens with zero attached hydrogens (tertiary/aromatic N) is 1. The Hall–Kier alpha value is -1.91. The molecule has 0 radical (unpaired) electrons. The number of hydrogen-bond donors (Lipinski definition) is 0. The first-order chi connectivity index (χ1) is 10.7. The van der Waals surface area contributed by atoms with Gasteiger partial charge < -0.3 is 19.1 Å². The van der Waals surface area contributed by atoms with Crippen LogP contribution < -0.4 is 14.4 Å². The average molecular weight is 294 g/mol. The van der Waals surface area contributed by atoms with E-state index in [4.69, 9.17) is 15.6 Å². The largest absolute Gasteiger partial charge is 0.497 e. The van der Waals surface area contributed by atoms with Gasteiger partial charge in [-0.15, -0.1) is 0 Å². The van der Waals surface area contributed by atoms with E-state index in [9.17, 15) is 4.79 Å². The van der Waals surface area contributed by atoms with Crippen molar-refractivity contribution in [3.05, 3.63) is 18.2 Å². The molecule has 0 spiro atoms. The van der Waals surface area contributed by atoms with Gasteiger partial charge >= 0.3 is 5.97 Å². The van der Waals surface area contributed by atoms with Gasteiger partial charge in [0.25, 0.3) is 0 Å². The minimum Gasteiger partial charge on any atom is -0.497 e. The van der Waals surface area contributed by atoms with Gasteiger partial charge in [0.05, 0.1) is 29.1 Å². The van der Waals surface area contributed by atoms with Crippen molar-refractivity contribution >= 4 is 11.7 Å². The summed E-state index contributed by atoms with van der Waals surface area (Å²) in [6, 6.07) is 5.83. The van der Waals surface area contributed by atoms with E-state index >= 15 is 0 Å². The van der Waals surface area contributed by atoms with Crippen LogP contribution in [0.15, 0.2) is 18.2 Å². The number of esters is 1. The lowest BCUT2D eigenvalue weighted by molar-refractivity contribution is -0.141. The van der Waals surface area contributed by atoms with Crippen LogP contribution in [0.5, 0.6) is 11.5 Å². The molecule has 1 saturated heterocycles. The molecule has 2 rings (SSSR count). The van der Waals surface area contributed by atoms with Gasteiger partial charge in [-0.3, -0.25) is 4.79 Å². The van der Waals surface area contributed by atoms with E-state index in [1.807, 2.05) is 18.2 Å². The highest BCUT2D eigenvalue weighted by Gasteiger charge is 2.26. The highest BCUT2D eigenvalue weighted by atomic mass is 16.5. The smallest absolute Gasteiger partial charge is 0.307 e. The standard InChI is InChI=1S/C16H23NO4/c1-19-14-8-13(9-15(11-14)20-2)17-7-5-4-6-12(17)10-16(18)21-3/h8-9,11-12H,4-7,10H2,1-3H3/i3D. The van der Waals surface area contributed by atoms with Crippen molar-refractivity contribution in [2.45, 2.75) is 31.7 Å². The number of carbonyl (C=O) groups is 1. The summed E-state index contributed by atoms with van der Waals surface area (Å²) in [5.41, 5.74) is 0.986. The summed E-state index contributed by atoms with van der Waals surface area (Å²) in [5, 5.41) is 0. The second-order valence-electron chi connectivity index (χ2n) is 5.13. The fourth-order valence-electron chi connectivity index (χ4n) is 2.76. The van der Waals surface area contributed by atoms with Gasteiger partial charge in [-0.1, -0.05) is 0 Å². The summed E-state index contributed by atoms with van der Waals surface area (Å²) in [6.45, 7) is 0.884. The van der Waals surface area contributed by atoms with Crippen LogP contribution in [0.3, 0.4) is 0 Å². The molecule has 21 heavy (non-hydrogen) atoms. The maximum absolute atomic E-state index is 11.7. The normalized spacial score (nSPS) is 18.9.